The summed E-state index contributed by atoms with van der Waals surface area (Å²) in [6.07, 6.45) is 9.44. The van der Waals surface area contributed by atoms with Crippen molar-refractivity contribution in [2.24, 2.45) is 0 Å². The van der Waals surface area contributed by atoms with Gasteiger partial charge in [0.05, 0.1) is 7.11 Å². The van der Waals surface area contributed by atoms with E-state index in [9.17, 15) is 13.2 Å². The molecule has 0 unspecified atom stereocenters. The molecule has 7 heteroatoms. The number of carbonyl (C=O) groups is 1. The third-order valence-electron chi connectivity index (χ3n) is 5.55. The molecule has 1 aromatic rings. The Morgan fingerprint density at radius 1 is 1.04 bits per heavy atom. The van der Waals surface area contributed by atoms with Crippen molar-refractivity contribution in [1.82, 2.24) is 9.62 Å². The predicted octanol–water partition coefficient (Wildman–Crippen LogP) is 3.32. The van der Waals surface area contributed by atoms with Crippen LogP contribution in [0.4, 0.5) is 0 Å². The summed E-state index contributed by atoms with van der Waals surface area (Å²) in [6.45, 7) is 1.04. The quantitative estimate of drug-likeness (QED) is 0.778. The van der Waals surface area contributed by atoms with Crippen molar-refractivity contribution in [3.8, 4) is 5.75 Å². The molecule has 1 saturated carbocycles. The topological polar surface area (TPSA) is 75.7 Å². The molecule has 0 bridgehead atoms. The van der Waals surface area contributed by atoms with E-state index >= 15 is 0 Å². The van der Waals surface area contributed by atoms with Gasteiger partial charge in [-0.2, -0.15) is 4.31 Å². The second-order valence-corrected chi connectivity index (χ2v) is 9.40. The average molecular weight is 395 g/mol. The lowest BCUT2D eigenvalue weighted by atomic mass is 10.1. The van der Waals surface area contributed by atoms with Gasteiger partial charge in [-0.05, 0) is 43.9 Å². The third kappa shape index (κ3) is 4.82. The second kappa shape index (κ2) is 9.06. The van der Waals surface area contributed by atoms with Gasteiger partial charge >= 0.3 is 0 Å². The molecule has 6 nitrogen and oxygen atoms in total. The van der Waals surface area contributed by atoms with E-state index in [1.807, 2.05) is 0 Å². The van der Waals surface area contributed by atoms with E-state index in [-0.39, 0.29) is 22.6 Å². The van der Waals surface area contributed by atoms with Crippen LogP contribution < -0.4 is 10.1 Å². The van der Waals surface area contributed by atoms with Gasteiger partial charge in [-0.25, -0.2) is 8.42 Å². The monoisotopic (exact) mass is 394 g/mol. The molecule has 0 radical (unpaired) electrons. The number of sulfonamides is 1. The van der Waals surface area contributed by atoms with Crippen molar-refractivity contribution >= 4 is 15.9 Å². The van der Waals surface area contributed by atoms with Gasteiger partial charge in [0.15, 0.2) is 0 Å². The highest BCUT2D eigenvalue weighted by atomic mass is 32.2. The zero-order chi connectivity index (χ0) is 19.3. The van der Waals surface area contributed by atoms with Gasteiger partial charge < -0.3 is 10.1 Å². The maximum atomic E-state index is 13.1. The van der Waals surface area contributed by atoms with Crippen LogP contribution in [0, 0.1) is 0 Å². The lowest BCUT2D eigenvalue weighted by Gasteiger charge is -2.26. The summed E-state index contributed by atoms with van der Waals surface area (Å²) in [5.41, 5.74) is 0.371. The fraction of sp³-hybridized carbons (Fsp3) is 0.650. The Bertz CT molecular complexity index is 749. The van der Waals surface area contributed by atoms with E-state index in [2.05, 4.69) is 5.32 Å². The van der Waals surface area contributed by atoms with Crippen LogP contribution in [-0.2, 0) is 10.0 Å². The van der Waals surface area contributed by atoms with Gasteiger partial charge in [0.2, 0.25) is 10.0 Å². The molecule has 2 fully saturated rings. The van der Waals surface area contributed by atoms with Crippen molar-refractivity contribution in [3.05, 3.63) is 23.8 Å². The molecule has 2 aliphatic rings. The van der Waals surface area contributed by atoms with Gasteiger partial charge in [-0.3, -0.25) is 4.79 Å². The highest BCUT2D eigenvalue weighted by Gasteiger charge is 2.30. The zero-order valence-electron chi connectivity index (χ0n) is 16.1. The van der Waals surface area contributed by atoms with Gasteiger partial charge in [0.25, 0.3) is 5.91 Å². The molecule has 1 amide bonds. The number of methoxy groups -OCH3 is 1. The van der Waals surface area contributed by atoms with Crippen molar-refractivity contribution < 1.29 is 17.9 Å². The van der Waals surface area contributed by atoms with Crippen LogP contribution in [0.1, 0.15) is 68.1 Å². The van der Waals surface area contributed by atoms with Gasteiger partial charge in [0.1, 0.15) is 10.6 Å². The summed E-state index contributed by atoms with van der Waals surface area (Å²) in [6, 6.07) is 4.86. The largest absolute Gasteiger partial charge is 0.495 e. The molecule has 1 N–H and O–H groups in total. The smallest absolute Gasteiger partial charge is 0.251 e. The number of nitrogens with zero attached hydrogens (tertiary/aromatic N) is 1. The standard InChI is InChI=1S/C20H30N2O4S/c1-26-18-12-11-16(20(23)21-17-9-5-2-3-6-10-17)15-19(18)27(24,25)22-13-7-4-8-14-22/h11-12,15,17H,2-10,13-14H2,1H3,(H,21,23). The number of nitrogens with one attached hydrogen (secondary N) is 1. The molecule has 1 heterocycles. The number of benzene rings is 1. The molecule has 0 aromatic heterocycles. The van der Waals surface area contributed by atoms with Crippen LogP contribution in [0.5, 0.6) is 5.75 Å². The van der Waals surface area contributed by atoms with Gasteiger partial charge in [-0.15, -0.1) is 0 Å². The molecule has 1 saturated heterocycles. The molecule has 1 aliphatic heterocycles. The fourth-order valence-electron chi connectivity index (χ4n) is 3.96. The van der Waals surface area contributed by atoms with Gasteiger partial charge in [0, 0.05) is 24.7 Å². The van der Waals surface area contributed by atoms with Crippen LogP contribution in [0.3, 0.4) is 0 Å². The Hall–Kier alpha value is -1.60. The lowest BCUT2D eigenvalue weighted by Crippen LogP contribution is -2.36. The van der Waals surface area contributed by atoms with E-state index in [4.69, 9.17) is 4.74 Å². The molecule has 0 spiro atoms. The number of rotatable bonds is 5. The van der Waals surface area contributed by atoms with E-state index in [0.717, 1.165) is 44.9 Å². The van der Waals surface area contributed by atoms with Crippen LogP contribution in [0.2, 0.25) is 0 Å². The van der Waals surface area contributed by atoms with E-state index in [1.165, 1.54) is 30.3 Å². The summed E-state index contributed by atoms with van der Waals surface area (Å²) in [5, 5.41) is 3.08. The number of piperidine rings is 1. The van der Waals surface area contributed by atoms with E-state index in [0.29, 0.717) is 18.7 Å². The Morgan fingerprint density at radius 3 is 2.30 bits per heavy atom. The minimum absolute atomic E-state index is 0.0837. The maximum Gasteiger partial charge on any atom is 0.251 e. The fourth-order valence-corrected chi connectivity index (χ4v) is 5.65. The van der Waals surface area contributed by atoms with Crippen molar-refractivity contribution in [1.29, 1.82) is 0 Å². The normalized spacial score (nSPS) is 20.0. The first-order valence-corrected chi connectivity index (χ1v) is 11.5. The molecule has 150 valence electrons. The SMILES string of the molecule is COc1ccc(C(=O)NC2CCCCCC2)cc1S(=O)(=O)N1CCCCC1. The van der Waals surface area contributed by atoms with Crippen molar-refractivity contribution in [3.63, 3.8) is 0 Å². The number of ether oxygens (including phenoxy) is 1. The Morgan fingerprint density at radius 2 is 1.67 bits per heavy atom. The predicted molar refractivity (Wildman–Crippen MR) is 105 cm³/mol. The summed E-state index contributed by atoms with van der Waals surface area (Å²) < 4.78 is 33.0. The molecule has 1 aliphatic carbocycles. The molecule has 27 heavy (non-hydrogen) atoms. The summed E-state index contributed by atoms with van der Waals surface area (Å²) in [5.74, 6) is 0.0752. The Balaban J connectivity index is 1.83. The van der Waals surface area contributed by atoms with Crippen LogP contribution >= 0.6 is 0 Å². The average Bonchev–Trinajstić information content (AvgIpc) is 2.96. The number of carbonyl (C=O) groups excluding carboxylic acids is 1. The second-order valence-electron chi connectivity index (χ2n) is 7.49. The van der Waals surface area contributed by atoms with Crippen molar-refractivity contribution in [2.45, 2.75) is 68.7 Å². The highest BCUT2D eigenvalue weighted by molar-refractivity contribution is 7.89. The minimum Gasteiger partial charge on any atom is -0.495 e. The van der Waals surface area contributed by atoms with Crippen LogP contribution in [-0.4, -0.2) is 44.9 Å². The van der Waals surface area contributed by atoms with E-state index in [1.54, 1.807) is 12.1 Å². The van der Waals surface area contributed by atoms with Crippen LogP contribution in [0.15, 0.2) is 23.1 Å². The zero-order valence-corrected chi connectivity index (χ0v) is 16.9. The number of amides is 1. The summed E-state index contributed by atoms with van der Waals surface area (Å²) in [7, 11) is -2.22. The van der Waals surface area contributed by atoms with E-state index < -0.39 is 10.0 Å². The first-order valence-electron chi connectivity index (χ1n) is 10.0. The molecule has 0 atom stereocenters. The molecular formula is C20H30N2O4S. The van der Waals surface area contributed by atoms with Crippen LogP contribution in [0.25, 0.3) is 0 Å². The van der Waals surface area contributed by atoms with Crippen molar-refractivity contribution in [2.75, 3.05) is 20.2 Å². The number of hydrogen-bond acceptors (Lipinski definition) is 4. The Kier molecular flexibility index (Phi) is 6.76. The van der Waals surface area contributed by atoms with Gasteiger partial charge in [-0.1, -0.05) is 32.1 Å². The maximum absolute atomic E-state index is 13.1. The minimum atomic E-state index is -3.67. The first-order chi connectivity index (χ1) is 13.0. The molecular weight excluding hydrogens is 364 g/mol. The summed E-state index contributed by atoms with van der Waals surface area (Å²) in [4.78, 5) is 12.8. The lowest BCUT2D eigenvalue weighted by molar-refractivity contribution is 0.0933. The highest BCUT2D eigenvalue weighted by Crippen LogP contribution is 2.29. The Labute approximate surface area is 162 Å². The third-order valence-corrected chi connectivity index (χ3v) is 7.47. The first kappa shape index (κ1) is 20.1. The summed E-state index contributed by atoms with van der Waals surface area (Å²) >= 11 is 0. The number of hydrogen-bond donors (Lipinski definition) is 1. The molecule has 1 aromatic carbocycles. The molecule has 3 rings (SSSR count).